The van der Waals surface area contributed by atoms with Crippen LogP contribution in [0.25, 0.3) is 5.57 Å². The highest BCUT2D eigenvalue weighted by molar-refractivity contribution is 5.67. The molecule has 0 aliphatic heterocycles. The van der Waals surface area contributed by atoms with Crippen LogP contribution in [-0.4, -0.2) is 0 Å². The quantitative estimate of drug-likeness (QED) is 0.638. The number of fused-ring (bicyclic) bond motifs is 1. The van der Waals surface area contributed by atoms with Crippen LogP contribution in [0, 0.1) is 12.8 Å². The zero-order valence-electron chi connectivity index (χ0n) is 10.1. The Morgan fingerprint density at radius 2 is 2.07 bits per heavy atom. The first-order valence-electron chi connectivity index (χ1n) is 5.87. The molecule has 1 aliphatic carbocycles. The molecule has 0 spiro atoms. The molecule has 1 aromatic rings. The summed E-state index contributed by atoms with van der Waals surface area (Å²) in [7, 11) is 0. The fraction of sp³-hybridized carbons (Fsp3) is 0.467. The lowest BCUT2D eigenvalue weighted by Gasteiger charge is -2.26. The Balaban J connectivity index is 2.56. The third kappa shape index (κ3) is 1.86. The van der Waals surface area contributed by atoms with Crippen molar-refractivity contribution in [3.8, 4) is 0 Å². The monoisotopic (exact) mass is 200 g/mol. The molecule has 1 aliphatic rings. The molecule has 1 unspecified atom stereocenters. The van der Waals surface area contributed by atoms with Crippen molar-refractivity contribution in [1.29, 1.82) is 0 Å². The second kappa shape index (κ2) is 3.84. The molecule has 0 saturated heterocycles. The van der Waals surface area contributed by atoms with E-state index in [1.54, 1.807) is 11.1 Å². The smallest absolute Gasteiger partial charge is 0.0198 e. The van der Waals surface area contributed by atoms with Crippen molar-refractivity contribution < 1.29 is 0 Å². The van der Waals surface area contributed by atoms with Crippen LogP contribution in [0.15, 0.2) is 18.7 Å². The lowest BCUT2D eigenvalue weighted by molar-refractivity contribution is 0.499. The number of hydrogen-bond donors (Lipinski definition) is 0. The second-order valence-corrected chi connectivity index (χ2v) is 5.02. The van der Waals surface area contributed by atoms with Crippen molar-refractivity contribution >= 4 is 5.57 Å². The van der Waals surface area contributed by atoms with E-state index >= 15 is 0 Å². The largest absolute Gasteiger partial charge is 0.0955 e. The molecule has 0 bridgehead atoms. The molecule has 0 radical (unpaired) electrons. The maximum atomic E-state index is 4.09. The summed E-state index contributed by atoms with van der Waals surface area (Å²) < 4.78 is 0. The number of allylic oxidation sites excluding steroid dienone is 1. The van der Waals surface area contributed by atoms with Crippen LogP contribution in [0.1, 0.15) is 42.5 Å². The summed E-state index contributed by atoms with van der Waals surface area (Å²) in [6, 6.07) is 4.49. The highest BCUT2D eigenvalue weighted by Gasteiger charge is 2.19. The molecule has 0 amide bonds. The SMILES string of the molecule is C=C(C)c1ccc(C)c2c1CC(C)CC2. The molecule has 1 aromatic carbocycles. The topological polar surface area (TPSA) is 0 Å². The van der Waals surface area contributed by atoms with Gasteiger partial charge in [-0.1, -0.05) is 31.2 Å². The van der Waals surface area contributed by atoms with Crippen molar-refractivity contribution in [1.82, 2.24) is 0 Å². The predicted octanol–water partition coefficient (Wildman–Crippen LogP) is 4.15. The van der Waals surface area contributed by atoms with Gasteiger partial charge in [-0.25, -0.2) is 0 Å². The van der Waals surface area contributed by atoms with Gasteiger partial charge in [-0.2, -0.15) is 0 Å². The van der Waals surface area contributed by atoms with Gasteiger partial charge >= 0.3 is 0 Å². The minimum absolute atomic E-state index is 0.831. The van der Waals surface area contributed by atoms with Crippen LogP contribution in [0.4, 0.5) is 0 Å². The number of hydrogen-bond acceptors (Lipinski definition) is 0. The summed E-state index contributed by atoms with van der Waals surface area (Å²) in [6.45, 7) is 10.8. The summed E-state index contributed by atoms with van der Waals surface area (Å²) in [5, 5.41) is 0. The van der Waals surface area contributed by atoms with Crippen LogP contribution in [0.2, 0.25) is 0 Å². The molecule has 0 nitrogen and oxygen atoms in total. The van der Waals surface area contributed by atoms with Gasteiger partial charge in [-0.15, -0.1) is 0 Å². The summed E-state index contributed by atoms with van der Waals surface area (Å²) in [5.41, 5.74) is 7.22. The normalized spacial score (nSPS) is 19.8. The van der Waals surface area contributed by atoms with Crippen molar-refractivity contribution in [3.05, 3.63) is 41.0 Å². The highest BCUT2D eigenvalue weighted by Crippen LogP contribution is 2.32. The minimum atomic E-state index is 0.831. The minimum Gasteiger partial charge on any atom is -0.0955 e. The van der Waals surface area contributed by atoms with Crippen LogP contribution >= 0.6 is 0 Å². The highest BCUT2D eigenvalue weighted by atomic mass is 14.2. The van der Waals surface area contributed by atoms with Gasteiger partial charge in [0.25, 0.3) is 0 Å². The molecule has 0 saturated carbocycles. The van der Waals surface area contributed by atoms with Gasteiger partial charge in [0.1, 0.15) is 0 Å². The van der Waals surface area contributed by atoms with Crippen molar-refractivity contribution in [2.75, 3.05) is 0 Å². The van der Waals surface area contributed by atoms with Crippen molar-refractivity contribution in [3.63, 3.8) is 0 Å². The van der Waals surface area contributed by atoms with E-state index < -0.39 is 0 Å². The molecule has 0 N–H and O–H groups in total. The van der Waals surface area contributed by atoms with Gasteiger partial charge in [-0.05, 0) is 61.3 Å². The molecule has 80 valence electrons. The van der Waals surface area contributed by atoms with Crippen LogP contribution in [0.5, 0.6) is 0 Å². The van der Waals surface area contributed by atoms with E-state index in [2.05, 4.69) is 39.5 Å². The van der Waals surface area contributed by atoms with Gasteiger partial charge < -0.3 is 0 Å². The first-order chi connectivity index (χ1) is 7.09. The van der Waals surface area contributed by atoms with E-state index in [0.717, 1.165) is 5.92 Å². The second-order valence-electron chi connectivity index (χ2n) is 5.02. The van der Waals surface area contributed by atoms with Gasteiger partial charge in [0.05, 0.1) is 0 Å². The summed E-state index contributed by atoms with van der Waals surface area (Å²) in [6.07, 6.45) is 3.83. The zero-order chi connectivity index (χ0) is 11.0. The van der Waals surface area contributed by atoms with Crippen LogP contribution in [-0.2, 0) is 12.8 Å². The van der Waals surface area contributed by atoms with Crippen LogP contribution in [0.3, 0.4) is 0 Å². The average Bonchev–Trinajstić information content (AvgIpc) is 2.17. The van der Waals surface area contributed by atoms with E-state index in [9.17, 15) is 0 Å². The lowest BCUT2D eigenvalue weighted by Crippen LogP contribution is -2.14. The molecule has 15 heavy (non-hydrogen) atoms. The van der Waals surface area contributed by atoms with Crippen molar-refractivity contribution in [2.45, 2.75) is 40.0 Å². The summed E-state index contributed by atoms with van der Waals surface area (Å²) in [4.78, 5) is 0. The first kappa shape index (κ1) is 10.5. The van der Waals surface area contributed by atoms with Crippen molar-refractivity contribution in [2.24, 2.45) is 5.92 Å². The summed E-state index contributed by atoms with van der Waals surface area (Å²) in [5.74, 6) is 0.831. The predicted molar refractivity (Wildman–Crippen MR) is 67.1 cm³/mol. The number of rotatable bonds is 1. The first-order valence-corrected chi connectivity index (χ1v) is 5.87. The van der Waals surface area contributed by atoms with E-state index in [1.807, 2.05) is 0 Å². The average molecular weight is 200 g/mol. The lowest BCUT2D eigenvalue weighted by atomic mass is 9.79. The molecule has 0 heterocycles. The maximum Gasteiger partial charge on any atom is -0.0198 e. The van der Waals surface area contributed by atoms with E-state index in [-0.39, 0.29) is 0 Å². The van der Waals surface area contributed by atoms with Gasteiger partial charge in [0.15, 0.2) is 0 Å². The molecule has 2 rings (SSSR count). The van der Waals surface area contributed by atoms with Gasteiger partial charge in [0.2, 0.25) is 0 Å². The number of benzene rings is 1. The van der Waals surface area contributed by atoms with E-state index in [0.29, 0.717) is 0 Å². The third-order valence-electron chi connectivity index (χ3n) is 3.56. The molecule has 0 aromatic heterocycles. The molecular formula is C15H20. The molecular weight excluding hydrogens is 180 g/mol. The van der Waals surface area contributed by atoms with E-state index in [1.165, 1.54) is 36.0 Å². The zero-order valence-corrected chi connectivity index (χ0v) is 10.1. The standard InChI is InChI=1S/C15H20/c1-10(2)13-8-6-12(4)14-7-5-11(3)9-15(13)14/h6,8,11H,1,5,7,9H2,2-4H3. The molecule has 0 heteroatoms. The Morgan fingerprint density at radius 3 is 2.73 bits per heavy atom. The third-order valence-corrected chi connectivity index (χ3v) is 3.56. The van der Waals surface area contributed by atoms with Gasteiger partial charge in [-0.3, -0.25) is 0 Å². The Labute approximate surface area is 93.0 Å². The Hall–Kier alpha value is -1.04. The van der Waals surface area contributed by atoms with Crippen LogP contribution < -0.4 is 0 Å². The van der Waals surface area contributed by atoms with Gasteiger partial charge in [0, 0.05) is 0 Å². The Morgan fingerprint density at radius 1 is 1.33 bits per heavy atom. The molecule has 0 fully saturated rings. The Bertz CT molecular complexity index is 399. The maximum absolute atomic E-state index is 4.09. The fourth-order valence-electron chi connectivity index (χ4n) is 2.63. The molecule has 1 atom stereocenters. The Kier molecular flexibility index (Phi) is 2.68. The number of aryl methyl sites for hydroxylation is 1. The van der Waals surface area contributed by atoms with E-state index in [4.69, 9.17) is 0 Å². The fourth-order valence-corrected chi connectivity index (χ4v) is 2.63. The summed E-state index contributed by atoms with van der Waals surface area (Å²) >= 11 is 0.